The summed E-state index contributed by atoms with van der Waals surface area (Å²) >= 11 is 0. The van der Waals surface area contributed by atoms with Crippen LogP contribution in [0.15, 0.2) is 48.5 Å². The summed E-state index contributed by atoms with van der Waals surface area (Å²) in [5.74, 6) is -0.0904. The van der Waals surface area contributed by atoms with Gasteiger partial charge in [0.05, 0.1) is 13.0 Å². The highest BCUT2D eigenvalue weighted by molar-refractivity contribution is 5.94. The van der Waals surface area contributed by atoms with E-state index in [9.17, 15) is 14.4 Å². The lowest BCUT2D eigenvalue weighted by atomic mass is 10.1. The number of hydrogen-bond donors (Lipinski definition) is 2. The number of ether oxygens (including phenoxy) is 2. The van der Waals surface area contributed by atoms with Gasteiger partial charge in [0.1, 0.15) is 5.75 Å². The van der Waals surface area contributed by atoms with Gasteiger partial charge in [-0.2, -0.15) is 0 Å². The van der Waals surface area contributed by atoms with E-state index in [1.54, 1.807) is 19.1 Å². The molecule has 28 heavy (non-hydrogen) atoms. The molecular weight excluding hydrogens is 360 g/mol. The molecule has 2 rings (SSSR count). The second-order valence-corrected chi connectivity index (χ2v) is 6.08. The van der Waals surface area contributed by atoms with E-state index in [-0.39, 0.29) is 18.4 Å². The van der Waals surface area contributed by atoms with E-state index in [4.69, 9.17) is 4.74 Å². The molecule has 0 radical (unpaired) electrons. The molecule has 0 spiro atoms. The largest absolute Gasteiger partial charge is 0.513 e. The smallest absolute Gasteiger partial charge is 0.434 e. The van der Waals surface area contributed by atoms with Gasteiger partial charge in [-0.3, -0.25) is 9.59 Å². The Labute approximate surface area is 164 Å². The van der Waals surface area contributed by atoms with E-state index < -0.39 is 6.16 Å². The maximum Gasteiger partial charge on any atom is 0.513 e. The van der Waals surface area contributed by atoms with Crippen LogP contribution in [-0.4, -0.2) is 37.7 Å². The van der Waals surface area contributed by atoms with Crippen LogP contribution in [0.3, 0.4) is 0 Å². The van der Waals surface area contributed by atoms with Crippen molar-refractivity contribution in [2.45, 2.75) is 20.3 Å². The molecule has 0 aliphatic heterocycles. The van der Waals surface area contributed by atoms with Crippen LogP contribution in [0.4, 0.5) is 4.79 Å². The fraction of sp³-hybridized carbons (Fsp3) is 0.286. The molecule has 2 N–H and O–H groups in total. The van der Waals surface area contributed by atoms with Crippen LogP contribution in [0.5, 0.6) is 5.75 Å². The first kappa shape index (κ1) is 21.0. The van der Waals surface area contributed by atoms with Crippen molar-refractivity contribution in [3.05, 3.63) is 65.2 Å². The first-order valence-corrected chi connectivity index (χ1v) is 9.03. The van der Waals surface area contributed by atoms with Crippen molar-refractivity contribution in [3.63, 3.8) is 0 Å². The average Bonchev–Trinajstić information content (AvgIpc) is 2.67. The van der Waals surface area contributed by atoms with Crippen molar-refractivity contribution >= 4 is 18.0 Å². The Kier molecular flexibility index (Phi) is 8.02. The molecule has 0 aromatic heterocycles. The van der Waals surface area contributed by atoms with Gasteiger partial charge >= 0.3 is 6.16 Å². The molecule has 2 aromatic rings. The standard InChI is InChI=1S/C21H24N2O5/c1-3-27-21(26)28-18-10-8-17(9-11-18)20(25)23-13-12-22-19(24)14-16-6-4-15(2)5-7-16/h4-11H,3,12-14H2,1-2H3,(H,22,24)(H,23,25). The Morgan fingerprint density at radius 3 is 2.18 bits per heavy atom. The highest BCUT2D eigenvalue weighted by Crippen LogP contribution is 2.13. The van der Waals surface area contributed by atoms with Crippen LogP contribution < -0.4 is 15.4 Å². The quantitative estimate of drug-likeness (QED) is 0.415. The fourth-order valence-corrected chi connectivity index (χ4v) is 2.35. The molecule has 148 valence electrons. The second-order valence-electron chi connectivity index (χ2n) is 6.08. The molecule has 0 fully saturated rings. The molecule has 0 bridgehead atoms. The maximum absolute atomic E-state index is 12.1. The SMILES string of the molecule is CCOC(=O)Oc1ccc(C(=O)NCCNC(=O)Cc2ccc(C)cc2)cc1. The predicted octanol–water partition coefficient (Wildman–Crippen LogP) is 2.62. The van der Waals surface area contributed by atoms with Gasteiger partial charge in [-0.05, 0) is 43.7 Å². The lowest BCUT2D eigenvalue weighted by Gasteiger charge is -2.08. The molecule has 0 saturated carbocycles. The maximum atomic E-state index is 12.1. The van der Waals surface area contributed by atoms with Crippen molar-refractivity contribution in [1.29, 1.82) is 0 Å². The Morgan fingerprint density at radius 1 is 0.893 bits per heavy atom. The molecule has 0 aliphatic carbocycles. The molecule has 2 amide bonds. The molecule has 0 unspecified atom stereocenters. The molecule has 0 heterocycles. The van der Waals surface area contributed by atoms with Gasteiger partial charge in [0.25, 0.3) is 5.91 Å². The van der Waals surface area contributed by atoms with Gasteiger partial charge in [0.2, 0.25) is 5.91 Å². The van der Waals surface area contributed by atoms with E-state index in [0.29, 0.717) is 30.8 Å². The van der Waals surface area contributed by atoms with Gasteiger partial charge in [-0.1, -0.05) is 29.8 Å². The lowest BCUT2D eigenvalue weighted by molar-refractivity contribution is -0.120. The third kappa shape index (κ3) is 7.11. The van der Waals surface area contributed by atoms with Crippen LogP contribution in [0.25, 0.3) is 0 Å². The summed E-state index contributed by atoms with van der Waals surface area (Å²) in [5, 5.41) is 5.49. The summed E-state index contributed by atoms with van der Waals surface area (Å²) < 4.78 is 9.61. The minimum Gasteiger partial charge on any atom is -0.434 e. The molecule has 0 saturated heterocycles. The Hall–Kier alpha value is -3.35. The predicted molar refractivity (Wildman–Crippen MR) is 104 cm³/mol. The van der Waals surface area contributed by atoms with Crippen molar-refractivity contribution in [1.82, 2.24) is 10.6 Å². The molecular formula is C21H24N2O5. The topological polar surface area (TPSA) is 93.7 Å². The zero-order chi connectivity index (χ0) is 20.4. The number of benzene rings is 2. The highest BCUT2D eigenvalue weighted by Gasteiger charge is 2.08. The van der Waals surface area contributed by atoms with Gasteiger partial charge in [0, 0.05) is 18.7 Å². The van der Waals surface area contributed by atoms with Gasteiger partial charge in [-0.15, -0.1) is 0 Å². The number of aryl methyl sites for hydroxylation is 1. The fourth-order valence-electron chi connectivity index (χ4n) is 2.35. The third-order valence-electron chi connectivity index (χ3n) is 3.80. The van der Waals surface area contributed by atoms with Crippen LogP contribution in [-0.2, 0) is 16.0 Å². The van der Waals surface area contributed by atoms with Crippen LogP contribution in [0, 0.1) is 6.92 Å². The molecule has 0 aliphatic rings. The normalized spacial score (nSPS) is 10.1. The monoisotopic (exact) mass is 384 g/mol. The van der Waals surface area contributed by atoms with Crippen LogP contribution in [0.1, 0.15) is 28.4 Å². The number of rotatable bonds is 8. The zero-order valence-corrected chi connectivity index (χ0v) is 16.0. The Bertz CT molecular complexity index is 801. The number of nitrogens with one attached hydrogen (secondary N) is 2. The van der Waals surface area contributed by atoms with Crippen molar-refractivity contribution in [2.24, 2.45) is 0 Å². The van der Waals surface area contributed by atoms with Crippen molar-refractivity contribution in [3.8, 4) is 5.75 Å². The summed E-state index contributed by atoms with van der Waals surface area (Å²) in [6, 6.07) is 13.9. The Morgan fingerprint density at radius 2 is 1.54 bits per heavy atom. The second kappa shape index (κ2) is 10.7. The minimum absolute atomic E-state index is 0.0985. The van der Waals surface area contributed by atoms with Crippen molar-refractivity contribution in [2.75, 3.05) is 19.7 Å². The lowest BCUT2D eigenvalue weighted by Crippen LogP contribution is -2.35. The van der Waals surface area contributed by atoms with Crippen molar-refractivity contribution < 1.29 is 23.9 Å². The van der Waals surface area contributed by atoms with Crippen LogP contribution in [0.2, 0.25) is 0 Å². The van der Waals surface area contributed by atoms with Gasteiger partial charge in [-0.25, -0.2) is 4.79 Å². The molecule has 0 atom stereocenters. The first-order chi connectivity index (χ1) is 13.5. The van der Waals surface area contributed by atoms with E-state index in [0.717, 1.165) is 11.1 Å². The minimum atomic E-state index is -0.791. The average molecular weight is 384 g/mol. The number of amides is 2. The number of hydrogen-bond acceptors (Lipinski definition) is 5. The summed E-state index contributed by atoms with van der Waals surface area (Å²) in [6.07, 6.45) is -0.489. The molecule has 2 aromatic carbocycles. The van der Waals surface area contributed by atoms with E-state index in [2.05, 4.69) is 15.4 Å². The van der Waals surface area contributed by atoms with E-state index in [1.807, 2.05) is 31.2 Å². The number of carbonyl (C=O) groups excluding carboxylic acids is 3. The van der Waals surface area contributed by atoms with Crippen LogP contribution >= 0.6 is 0 Å². The highest BCUT2D eigenvalue weighted by atomic mass is 16.7. The summed E-state index contributed by atoms with van der Waals surface area (Å²) in [6.45, 7) is 4.54. The first-order valence-electron chi connectivity index (χ1n) is 9.03. The molecule has 7 nitrogen and oxygen atoms in total. The molecule has 7 heteroatoms. The van der Waals surface area contributed by atoms with E-state index in [1.165, 1.54) is 12.1 Å². The van der Waals surface area contributed by atoms with Gasteiger partial charge < -0.3 is 20.1 Å². The number of carbonyl (C=O) groups is 3. The zero-order valence-electron chi connectivity index (χ0n) is 16.0. The van der Waals surface area contributed by atoms with Gasteiger partial charge in [0.15, 0.2) is 0 Å². The summed E-state index contributed by atoms with van der Waals surface area (Å²) in [5.41, 5.74) is 2.51. The van der Waals surface area contributed by atoms with E-state index >= 15 is 0 Å². The Balaban J connectivity index is 1.69. The third-order valence-corrected chi connectivity index (χ3v) is 3.80. The summed E-state index contributed by atoms with van der Waals surface area (Å²) in [4.78, 5) is 35.2. The summed E-state index contributed by atoms with van der Waals surface area (Å²) in [7, 11) is 0.